The fraction of sp³-hybridized carbons (Fsp3) is 0.909. The van der Waals surface area contributed by atoms with Crippen molar-refractivity contribution >= 4 is 11.9 Å². The number of amides is 1. The lowest BCUT2D eigenvalue weighted by molar-refractivity contribution is -0.127. The van der Waals surface area contributed by atoms with E-state index in [0.717, 1.165) is 37.4 Å². The molecule has 2 bridgehead atoms. The number of guanidine groups is 1. The summed E-state index contributed by atoms with van der Waals surface area (Å²) in [4.78, 5) is 18.3. The molecule has 5 unspecified atom stereocenters. The molecule has 0 aromatic rings. The Bertz CT molecular complexity index is 569. The van der Waals surface area contributed by atoms with Gasteiger partial charge in [0.1, 0.15) is 6.54 Å². The monoisotopic (exact) mass is 392 g/mol. The van der Waals surface area contributed by atoms with Crippen molar-refractivity contribution in [2.24, 2.45) is 28.2 Å². The molecule has 2 aliphatic carbocycles. The van der Waals surface area contributed by atoms with E-state index < -0.39 is 0 Å². The molecule has 28 heavy (non-hydrogen) atoms. The quantitative estimate of drug-likeness (QED) is 0.558. The number of hydrogen-bond acceptors (Lipinski definition) is 3. The summed E-state index contributed by atoms with van der Waals surface area (Å²) in [6.07, 6.45) is 7.84. The zero-order chi connectivity index (χ0) is 20.3. The standard InChI is InChI=1S/C22H40N4O2/c1-22(2,3)20-17(7-6-10-28-20)13-23-21(24-14-19(27)26(4)5)25-18-12-15-8-9-16(18)11-15/h15-18,20H,6-14H2,1-5H3,(H2,23,24,25). The second-order valence-electron chi connectivity index (χ2n) is 10.3. The van der Waals surface area contributed by atoms with Crippen LogP contribution in [0.15, 0.2) is 4.99 Å². The topological polar surface area (TPSA) is 66.0 Å². The number of carbonyl (C=O) groups excluding carboxylic acids is 1. The lowest BCUT2D eigenvalue weighted by atomic mass is 9.78. The molecule has 6 nitrogen and oxygen atoms in total. The zero-order valence-electron chi connectivity index (χ0n) is 18.5. The van der Waals surface area contributed by atoms with Crippen LogP contribution in [-0.2, 0) is 9.53 Å². The molecule has 2 N–H and O–H groups in total. The van der Waals surface area contributed by atoms with Gasteiger partial charge in [-0.05, 0) is 49.4 Å². The van der Waals surface area contributed by atoms with Gasteiger partial charge < -0.3 is 20.3 Å². The van der Waals surface area contributed by atoms with Crippen LogP contribution in [0.2, 0.25) is 0 Å². The van der Waals surface area contributed by atoms with Crippen molar-refractivity contribution in [3.8, 4) is 0 Å². The van der Waals surface area contributed by atoms with Crippen LogP contribution in [0.5, 0.6) is 0 Å². The molecule has 0 spiro atoms. The smallest absolute Gasteiger partial charge is 0.243 e. The molecule has 3 fully saturated rings. The SMILES string of the molecule is CN(C)C(=O)CN=C(NCC1CCCOC1C(C)(C)C)NC1CC2CCC1C2. The molecule has 1 amide bonds. The molecule has 3 rings (SSSR count). The fourth-order valence-electron chi connectivity index (χ4n) is 5.28. The average molecular weight is 393 g/mol. The van der Waals surface area contributed by atoms with Crippen molar-refractivity contribution in [1.82, 2.24) is 15.5 Å². The molecular weight excluding hydrogens is 352 g/mol. The first-order valence-corrected chi connectivity index (χ1v) is 11.1. The van der Waals surface area contributed by atoms with E-state index >= 15 is 0 Å². The maximum atomic E-state index is 12.0. The first kappa shape index (κ1) is 21.4. The van der Waals surface area contributed by atoms with Crippen LogP contribution >= 0.6 is 0 Å². The Hall–Kier alpha value is -1.30. The van der Waals surface area contributed by atoms with Gasteiger partial charge in [-0.3, -0.25) is 4.79 Å². The first-order valence-electron chi connectivity index (χ1n) is 11.1. The van der Waals surface area contributed by atoms with Crippen molar-refractivity contribution in [2.75, 3.05) is 33.8 Å². The molecular formula is C22H40N4O2. The van der Waals surface area contributed by atoms with Gasteiger partial charge in [0.2, 0.25) is 5.91 Å². The zero-order valence-corrected chi connectivity index (χ0v) is 18.5. The van der Waals surface area contributed by atoms with Crippen LogP contribution in [0.1, 0.15) is 59.3 Å². The Balaban J connectivity index is 1.62. The third kappa shape index (κ3) is 5.40. The summed E-state index contributed by atoms with van der Waals surface area (Å²) in [7, 11) is 3.56. The van der Waals surface area contributed by atoms with Gasteiger partial charge in [-0.25, -0.2) is 4.99 Å². The van der Waals surface area contributed by atoms with Crippen molar-refractivity contribution in [3.63, 3.8) is 0 Å². The molecule has 0 radical (unpaired) electrons. The minimum atomic E-state index is 0.0302. The van der Waals surface area contributed by atoms with Gasteiger partial charge in [-0.1, -0.05) is 27.2 Å². The molecule has 0 aromatic heterocycles. The molecule has 0 aromatic carbocycles. The third-order valence-corrected chi connectivity index (χ3v) is 6.76. The number of fused-ring (bicyclic) bond motifs is 2. The van der Waals surface area contributed by atoms with E-state index in [-0.39, 0.29) is 24.0 Å². The van der Waals surface area contributed by atoms with Crippen LogP contribution in [0.25, 0.3) is 0 Å². The second kappa shape index (κ2) is 9.02. The van der Waals surface area contributed by atoms with Gasteiger partial charge in [-0.15, -0.1) is 0 Å². The number of ether oxygens (including phenoxy) is 1. The number of rotatable bonds is 5. The highest BCUT2D eigenvalue weighted by atomic mass is 16.5. The van der Waals surface area contributed by atoms with Crippen molar-refractivity contribution in [3.05, 3.63) is 0 Å². The Kier molecular flexibility index (Phi) is 6.89. The number of nitrogens with one attached hydrogen (secondary N) is 2. The molecule has 5 atom stereocenters. The van der Waals surface area contributed by atoms with Crippen molar-refractivity contribution in [2.45, 2.75) is 71.4 Å². The summed E-state index contributed by atoms with van der Waals surface area (Å²) >= 11 is 0. The van der Waals surface area contributed by atoms with E-state index in [0.29, 0.717) is 12.0 Å². The summed E-state index contributed by atoms with van der Waals surface area (Å²) in [6.45, 7) is 8.66. The lowest BCUT2D eigenvalue weighted by Crippen LogP contribution is -2.50. The predicted octanol–water partition coefficient (Wildman–Crippen LogP) is 2.64. The Morgan fingerprint density at radius 2 is 1.96 bits per heavy atom. The molecule has 1 saturated heterocycles. The summed E-state index contributed by atoms with van der Waals surface area (Å²) in [5, 5.41) is 7.22. The maximum absolute atomic E-state index is 12.0. The highest BCUT2D eigenvalue weighted by Crippen LogP contribution is 2.44. The van der Waals surface area contributed by atoms with E-state index in [9.17, 15) is 4.79 Å². The largest absolute Gasteiger partial charge is 0.377 e. The number of nitrogens with zero attached hydrogens (tertiary/aromatic N) is 2. The van der Waals surface area contributed by atoms with Crippen molar-refractivity contribution in [1.29, 1.82) is 0 Å². The number of likely N-dealkylation sites (N-methyl/N-ethyl adjacent to an activating group) is 1. The van der Waals surface area contributed by atoms with Crippen LogP contribution in [0.4, 0.5) is 0 Å². The highest BCUT2D eigenvalue weighted by molar-refractivity contribution is 5.85. The molecule has 2 saturated carbocycles. The number of carbonyl (C=O) groups is 1. The number of hydrogen-bond donors (Lipinski definition) is 2. The summed E-state index contributed by atoms with van der Waals surface area (Å²) in [5.74, 6) is 2.94. The summed E-state index contributed by atoms with van der Waals surface area (Å²) in [6, 6.07) is 0.500. The van der Waals surface area contributed by atoms with Gasteiger partial charge in [0.15, 0.2) is 5.96 Å². The Morgan fingerprint density at radius 1 is 1.18 bits per heavy atom. The Morgan fingerprint density at radius 3 is 2.57 bits per heavy atom. The second-order valence-corrected chi connectivity index (χ2v) is 10.3. The maximum Gasteiger partial charge on any atom is 0.243 e. The fourth-order valence-corrected chi connectivity index (χ4v) is 5.28. The molecule has 1 heterocycles. The minimum Gasteiger partial charge on any atom is -0.377 e. The summed E-state index contributed by atoms with van der Waals surface area (Å²) in [5.41, 5.74) is 0.128. The predicted molar refractivity (Wildman–Crippen MR) is 113 cm³/mol. The average Bonchev–Trinajstić information content (AvgIpc) is 3.26. The van der Waals surface area contributed by atoms with Crippen LogP contribution < -0.4 is 10.6 Å². The van der Waals surface area contributed by atoms with Gasteiger partial charge in [-0.2, -0.15) is 0 Å². The van der Waals surface area contributed by atoms with Gasteiger partial charge in [0, 0.05) is 39.2 Å². The number of aliphatic imine (C=N–C) groups is 1. The summed E-state index contributed by atoms with van der Waals surface area (Å²) < 4.78 is 6.13. The van der Waals surface area contributed by atoms with Gasteiger partial charge >= 0.3 is 0 Å². The van der Waals surface area contributed by atoms with E-state index in [1.165, 1.54) is 32.1 Å². The van der Waals surface area contributed by atoms with Gasteiger partial charge in [0.05, 0.1) is 6.10 Å². The van der Waals surface area contributed by atoms with Crippen LogP contribution in [0.3, 0.4) is 0 Å². The van der Waals surface area contributed by atoms with E-state index in [1.807, 2.05) is 0 Å². The minimum absolute atomic E-state index is 0.0302. The highest BCUT2D eigenvalue weighted by Gasteiger charge is 2.40. The molecule has 6 heteroatoms. The van der Waals surface area contributed by atoms with Crippen LogP contribution in [-0.4, -0.2) is 62.7 Å². The van der Waals surface area contributed by atoms with E-state index in [4.69, 9.17) is 4.74 Å². The van der Waals surface area contributed by atoms with Crippen molar-refractivity contribution < 1.29 is 9.53 Å². The van der Waals surface area contributed by atoms with Crippen LogP contribution in [0, 0.1) is 23.2 Å². The van der Waals surface area contributed by atoms with Gasteiger partial charge in [0.25, 0.3) is 0 Å². The third-order valence-electron chi connectivity index (χ3n) is 6.76. The van der Waals surface area contributed by atoms with E-state index in [2.05, 4.69) is 36.4 Å². The molecule has 1 aliphatic heterocycles. The molecule has 3 aliphatic rings. The lowest BCUT2D eigenvalue weighted by Gasteiger charge is -2.40. The normalized spacial score (nSPS) is 33.0. The molecule has 160 valence electrons. The van der Waals surface area contributed by atoms with E-state index in [1.54, 1.807) is 19.0 Å². The first-order chi connectivity index (χ1) is 13.2. The Labute approximate surface area is 170 Å².